The number of hydrogen-bond acceptors (Lipinski definition) is 4. The molecule has 0 unspecified atom stereocenters. The van der Waals surface area contributed by atoms with Crippen molar-refractivity contribution >= 4 is 23.5 Å². The van der Waals surface area contributed by atoms with Crippen molar-refractivity contribution in [3.8, 4) is 10.8 Å². The van der Waals surface area contributed by atoms with Gasteiger partial charge in [0, 0.05) is 9.81 Å². The monoisotopic (exact) mass is 196 g/mol. The Morgan fingerprint density at radius 1 is 1.00 bits per heavy atom. The van der Waals surface area contributed by atoms with Crippen LogP contribution >= 0.6 is 23.5 Å². The van der Waals surface area contributed by atoms with Crippen LogP contribution in [-0.4, -0.2) is 0 Å². The van der Waals surface area contributed by atoms with Gasteiger partial charge in [0.05, 0.1) is 0 Å². The maximum absolute atomic E-state index is 8.43. The van der Waals surface area contributed by atoms with E-state index in [0.717, 1.165) is 33.3 Å². The lowest BCUT2D eigenvalue weighted by Gasteiger charge is -2.00. The normalized spacial score (nSPS) is 12.0. The second-order valence-corrected chi connectivity index (χ2v) is 3.35. The number of thioether (sulfide) groups is 2. The molecular weight excluding hydrogens is 188 g/mol. The molecule has 4 heteroatoms. The smallest absolute Gasteiger partial charge is 0.138 e. The second kappa shape index (κ2) is 6.84. The zero-order valence-electron chi connectivity index (χ0n) is 6.87. The predicted octanol–water partition coefficient (Wildman–Crippen LogP) is 3.22. The molecule has 12 heavy (non-hydrogen) atoms. The van der Waals surface area contributed by atoms with Crippen molar-refractivity contribution in [2.75, 3.05) is 0 Å². The minimum Gasteiger partial charge on any atom is -0.185 e. The van der Waals surface area contributed by atoms with E-state index in [4.69, 9.17) is 10.5 Å². The molecule has 2 nitrogen and oxygen atoms in total. The Hall–Kier alpha value is -0.840. The van der Waals surface area contributed by atoms with Crippen molar-refractivity contribution in [3.05, 3.63) is 22.0 Å². The Kier molecular flexibility index (Phi) is 6.37. The van der Waals surface area contributed by atoms with Gasteiger partial charge in [-0.25, -0.2) is 0 Å². The van der Waals surface area contributed by atoms with Crippen molar-refractivity contribution in [1.82, 2.24) is 0 Å². The summed E-state index contributed by atoms with van der Waals surface area (Å²) in [5.41, 5.74) is 0. The summed E-state index contributed by atoms with van der Waals surface area (Å²) in [6.07, 6.45) is 3.65. The predicted molar refractivity (Wildman–Crippen MR) is 53.9 cm³/mol. The molecule has 0 spiro atoms. The van der Waals surface area contributed by atoms with Gasteiger partial charge in [0.1, 0.15) is 10.8 Å². The highest BCUT2D eigenvalue weighted by Gasteiger charge is 2.03. The number of nitrogens with zero attached hydrogens (tertiary/aromatic N) is 2. The zero-order valence-corrected chi connectivity index (χ0v) is 8.50. The van der Waals surface area contributed by atoms with Gasteiger partial charge >= 0.3 is 0 Å². The van der Waals surface area contributed by atoms with Gasteiger partial charge in [0.15, 0.2) is 0 Å². The number of rotatable bonds is 3. The topological polar surface area (TPSA) is 47.6 Å². The summed E-state index contributed by atoms with van der Waals surface area (Å²) in [5.74, 6) is 0. The number of allylic oxidation sites excluding steroid dienone is 2. The summed E-state index contributed by atoms with van der Waals surface area (Å²) in [6.45, 7) is 3.70. The third-order valence-electron chi connectivity index (χ3n) is 1.08. The molecule has 0 saturated heterocycles. The van der Waals surface area contributed by atoms with E-state index < -0.39 is 0 Å². The van der Waals surface area contributed by atoms with E-state index in [-0.39, 0.29) is 0 Å². The van der Waals surface area contributed by atoms with Crippen LogP contribution < -0.4 is 0 Å². The Balaban J connectivity index is 4.53. The summed E-state index contributed by atoms with van der Waals surface area (Å²) in [4.78, 5) is 1.68. The van der Waals surface area contributed by atoms with Gasteiger partial charge in [-0.2, -0.15) is 10.5 Å². The van der Waals surface area contributed by atoms with Crippen LogP contribution in [0.2, 0.25) is 0 Å². The van der Waals surface area contributed by atoms with Crippen LogP contribution in [0.4, 0.5) is 0 Å². The van der Waals surface area contributed by atoms with Crippen molar-refractivity contribution in [2.45, 2.75) is 13.8 Å². The second-order valence-electron chi connectivity index (χ2n) is 1.69. The first kappa shape index (κ1) is 11.2. The molecule has 0 atom stereocenters. The zero-order chi connectivity index (χ0) is 9.40. The van der Waals surface area contributed by atoms with Crippen LogP contribution in [-0.2, 0) is 0 Å². The quantitative estimate of drug-likeness (QED) is 0.513. The summed E-state index contributed by atoms with van der Waals surface area (Å²) in [6, 6.07) is 0. The van der Waals surface area contributed by atoms with Gasteiger partial charge in [-0.1, -0.05) is 12.2 Å². The van der Waals surface area contributed by atoms with Gasteiger partial charge in [-0.05, 0) is 37.4 Å². The fraction of sp³-hybridized carbons (Fsp3) is 0.250. The highest BCUT2D eigenvalue weighted by atomic mass is 32.2. The summed E-state index contributed by atoms with van der Waals surface area (Å²) >= 11 is 2.15. The van der Waals surface area contributed by atoms with E-state index >= 15 is 0 Å². The van der Waals surface area contributed by atoms with Gasteiger partial charge in [-0.15, -0.1) is 0 Å². The highest BCUT2D eigenvalue weighted by molar-refractivity contribution is 8.12. The first-order chi connectivity index (χ1) is 5.79. The minimum absolute atomic E-state index is 0.839. The molecule has 0 bridgehead atoms. The lowest BCUT2D eigenvalue weighted by atomic mass is 10.4. The first-order valence-corrected chi connectivity index (χ1v) is 4.88. The summed E-state index contributed by atoms with van der Waals surface area (Å²) in [5, 5.41) is 20.8. The molecule has 62 valence electrons. The Bertz CT molecular complexity index is 248. The maximum atomic E-state index is 8.43. The molecule has 0 fully saturated rings. The molecule has 0 radical (unpaired) electrons. The van der Waals surface area contributed by atoms with E-state index in [9.17, 15) is 0 Å². The SMILES string of the molecule is C/C=C(SC#N)\C(=C/C)SC#N. The summed E-state index contributed by atoms with van der Waals surface area (Å²) < 4.78 is 0. The average molecular weight is 196 g/mol. The van der Waals surface area contributed by atoms with Gasteiger partial charge < -0.3 is 0 Å². The number of nitriles is 2. The molecule has 0 rings (SSSR count). The van der Waals surface area contributed by atoms with Crippen molar-refractivity contribution in [2.24, 2.45) is 0 Å². The Labute approximate surface area is 80.9 Å². The van der Waals surface area contributed by atoms with E-state index in [0.29, 0.717) is 0 Å². The highest BCUT2D eigenvalue weighted by Crippen LogP contribution is 2.30. The van der Waals surface area contributed by atoms with Crippen LogP contribution in [0.1, 0.15) is 13.8 Å². The van der Waals surface area contributed by atoms with E-state index in [1.165, 1.54) is 0 Å². The maximum Gasteiger partial charge on any atom is 0.138 e. The molecule has 0 saturated carbocycles. The standard InChI is InChI=1S/C8H8N2S2/c1-3-7(11-5-9)8(4-2)12-6-10/h3-4H,1-2H3/b7-3+,8-4+. The molecule has 0 aromatic rings. The molecular formula is C8H8N2S2. The van der Waals surface area contributed by atoms with Crippen LogP contribution in [0.3, 0.4) is 0 Å². The van der Waals surface area contributed by atoms with Crippen LogP contribution in [0, 0.1) is 21.3 Å². The molecule has 0 aliphatic carbocycles. The Morgan fingerprint density at radius 3 is 1.50 bits per heavy atom. The van der Waals surface area contributed by atoms with E-state index in [2.05, 4.69) is 0 Å². The van der Waals surface area contributed by atoms with Crippen LogP contribution in [0.5, 0.6) is 0 Å². The van der Waals surface area contributed by atoms with Crippen molar-refractivity contribution in [3.63, 3.8) is 0 Å². The van der Waals surface area contributed by atoms with Gasteiger partial charge in [0.25, 0.3) is 0 Å². The van der Waals surface area contributed by atoms with Crippen molar-refractivity contribution < 1.29 is 0 Å². The first-order valence-electron chi connectivity index (χ1n) is 3.25. The number of hydrogen-bond donors (Lipinski definition) is 0. The van der Waals surface area contributed by atoms with Crippen LogP contribution in [0.15, 0.2) is 22.0 Å². The van der Waals surface area contributed by atoms with Crippen LogP contribution in [0.25, 0.3) is 0 Å². The lowest BCUT2D eigenvalue weighted by Crippen LogP contribution is -1.76. The van der Waals surface area contributed by atoms with Crippen molar-refractivity contribution in [1.29, 1.82) is 10.5 Å². The fourth-order valence-electron chi connectivity index (χ4n) is 0.601. The molecule has 0 aromatic heterocycles. The molecule has 0 aromatic carbocycles. The molecule has 0 heterocycles. The fourth-order valence-corrected chi connectivity index (χ4v) is 1.72. The van der Waals surface area contributed by atoms with Gasteiger partial charge in [0.2, 0.25) is 0 Å². The van der Waals surface area contributed by atoms with E-state index in [1.54, 1.807) is 0 Å². The third-order valence-corrected chi connectivity index (χ3v) is 2.74. The van der Waals surface area contributed by atoms with Gasteiger partial charge in [-0.3, -0.25) is 0 Å². The summed E-state index contributed by atoms with van der Waals surface area (Å²) in [7, 11) is 0. The average Bonchev–Trinajstić information content (AvgIpc) is 2.11. The molecule has 0 aliphatic rings. The molecule has 0 aliphatic heterocycles. The molecule has 0 N–H and O–H groups in total. The third kappa shape index (κ3) is 3.52. The lowest BCUT2D eigenvalue weighted by molar-refractivity contribution is 1.56. The number of thiocyanates is 2. The minimum atomic E-state index is 0.839. The largest absolute Gasteiger partial charge is 0.185 e. The molecule has 0 amide bonds. The Morgan fingerprint density at radius 2 is 1.33 bits per heavy atom. The van der Waals surface area contributed by atoms with E-state index in [1.807, 2.05) is 36.8 Å².